The lowest BCUT2D eigenvalue weighted by molar-refractivity contribution is 0.0921. The number of fused-ring (bicyclic) bond motifs is 1. The Kier molecular flexibility index (Phi) is 3.30. The van der Waals surface area contributed by atoms with Gasteiger partial charge in [0.05, 0.1) is 6.04 Å². The summed E-state index contributed by atoms with van der Waals surface area (Å²) in [5.74, 6) is 1.54. The molecule has 1 aliphatic rings. The van der Waals surface area contributed by atoms with E-state index < -0.39 is 0 Å². The zero-order chi connectivity index (χ0) is 16.7. The number of carbonyl (C=O) groups is 1. The molecule has 24 heavy (non-hydrogen) atoms. The second-order valence-electron chi connectivity index (χ2n) is 5.58. The third-order valence-electron chi connectivity index (χ3n) is 3.93. The van der Waals surface area contributed by atoms with E-state index in [-0.39, 0.29) is 11.9 Å². The Morgan fingerprint density at radius 1 is 1.38 bits per heavy atom. The van der Waals surface area contributed by atoms with E-state index in [4.69, 9.17) is 9.26 Å². The molecule has 1 atom stereocenters. The summed E-state index contributed by atoms with van der Waals surface area (Å²) < 4.78 is 12.4. The highest BCUT2D eigenvalue weighted by molar-refractivity contribution is 5.92. The second-order valence-corrected chi connectivity index (χ2v) is 5.58. The van der Waals surface area contributed by atoms with Gasteiger partial charge in [0, 0.05) is 24.4 Å². The van der Waals surface area contributed by atoms with E-state index in [2.05, 4.69) is 20.6 Å². The summed E-state index contributed by atoms with van der Waals surface area (Å²) in [6.45, 7) is 2.14. The van der Waals surface area contributed by atoms with E-state index in [1.807, 2.05) is 18.2 Å². The van der Waals surface area contributed by atoms with E-state index in [0.717, 1.165) is 11.1 Å². The largest absolute Gasteiger partial charge is 0.491 e. The fourth-order valence-corrected chi connectivity index (χ4v) is 2.71. The Hall–Kier alpha value is -3.16. The SMILES string of the molecule is Cc1noc(-c2ccc3c(c2)OCC3NC(=O)c2ccnn2C)n1. The van der Waals surface area contributed by atoms with Gasteiger partial charge >= 0.3 is 0 Å². The van der Waals surface area contributed by atoms with Crippen LogP contribution in [-0.2, 0) is 7.05 Å². The predicted octanol–water partition coefficient (Wildman–Crippen LogP) is 1.64. The van der Waals surface area contributed by atoms with Gasteiger partial charge in [-0.05, 0) is 25.1 Å². The number of nitrogens with one attached hydrogen (secondary N) is 1. The first-order valence-electron chi connectivity index (χ1n) is 7.48. The number of hydrogen-bond acceptors (Lipinski definition) is 6. The van der Waals surface area contributed by atoms with Crippen molar-refractivity contribution in [1.82, 2.24) is 25.2 Å². The van der Waals surface area contributed by atoms with E-state index in [1.165, 1.54) is 4.68 Å². The van der Waals surface area contributed by atoms with E-state index in [1.54, 1.807) is 26.2 Å². The van der Waals surface area contributed by atoms with Gasteiger partial charge in [0.25, 0.3) is 11.8 Å². The molecule has 0 radical (unpaired) electrons. The molecule has 0 fully saturated rings. The molecule has 4 rings (SSSR count). The molecule has 1 amide bonds. The minimum Gasteiger partial charge on any atom is -0.491 e. The van der Waals surface area contributed by atoms with Crippen molar-refractivity contribution in [3.8, 4) is 17.2 Å². The van der Waals surface area contributed by atoms with Crippen LogP contribution < -0.4 is 10.1 Å². The number of aryl methyl sites for hydroxylation is 2. The lowest BCUT2D eigenvalue weighted by Crippen LogP contribution is -2.30. The van der Waals surface area contributed by atoms with E-state index in [0.29, 0.717) is 29.8 Å². The molecule has 0 spiro atoms. The number of aromatic nitrogens is 4. The van der Waals surface area contributed by atoms with Crippen LogP contribution in [0.4, 0.5) is 0 Å². The summed E-state index contributed by atoms with van der Waals surface area (Å²) in [6, 6.07) is 7.10. The lowest BCUT2D eigenvalue weighted by Gasteiger charge is -2.11. The van der Waals surface area contributed by atoms with Crippen molar-refractivity contribution < 1.29 is 14.1 Å². The molecule has 122 valence electrons. The van der Waals surface area contributed by atoms with Crippen LogP contribution in [0.15, 0.2) is 35.0 Å². The Morgan fingerprint density at radius 3 is 2.96 bits per heavy atom. The van der Waals surface area contributed by atoms with Gasteiger partial charge in [-0.25, -0.2) is 0 Å². The summed E-state index contributed by atoms with van der Waals surface area (Å²) >= 11 is 0. The maximum absolute atomic E-state index is 12.3. The maximum atomic E-state index is 12.3. The van der Waals surface area contributed by atoms with Crippen LogP contribution >= 0.6 is 0 Å². The van der Waals surface area contributed by atoms with Gasteiger partial charge in [-0.1, -0.05) is 11.2 Å². The van der Waals surface area contributed by atoms with Crippen molar-refractivity contribution in [3.63, 3.8) is 0 Å². The number of nitrogens with zero attached hydrogens (tertiary/aromatic N) is 4. The third kappa shape index (κ3) is 2.41. The van der Waals surface area contributed by atoms with Crippen LogP contribution in [0.5, 0.6) is 5.75 Å². The van der Waals surface area contributed by atoms with Crippen LogP contribution in [0.3, 0.4) is 0 Å². The highest BCUT2D eigenvalue weighted by Crippen LogP contribution is 2.35. The van der Waals surface area contributed by atoms with Gasteiger partial charge in [0.15, 0.2) is 5.82 Å². The van der Waals surface area contributed by atoms with Crippen molar-refractivity contribution in [2.24, 2.45) is 7.05 Å². The fourth-order valence-electron chi connectivity index (χ4n) is 2.71. The summed E-state index contributed by atoms with van der Waals surface area (Å²) in [5, 5.41) is 10.8. The maximum Gasteiger partial charge on any atom is 0.270 e. The van der Waals surface area contributed by atoms with Crippen molar-refractivity contribution in [2.45, 2.75) is 13.0 Å². The second kappa shape index (κ2) is 5.48. The third-order valence-corrected chi connectivity index (χ3v) is 3.93. The lowest BCUT2D eigenvalue weighted by atomic mass is 10.1. The first kappa shape index (κ1) is 14.4. The van der Waals surface area contributed by atoms with Crippen LogP contribution in [0.1, 0.15) is 27.9 Å². The standard InChI is InChI=1S/C16H15N5O3/c1-9-18-16(24-20-9)10-3-4-11-12(8-23-14(11)7-10)19-15(22)13-5-6-17-21(13)2/h3-7,12H,8H2,1-2H3,(H,19,22). The normalized spacial score (nSPS) is 15.8. The smallest absolute Gasteiger partial charge is 0.270 e. The van der Waals surface area contributed by atoms with Gasteiger partial charge < -0.3 is 14.6 Å². The first-order chi connectivity index (χ1) is 11.6. The Morgan fingerprint density at radius 2 is 2.25 bits per heavy atom. The zero-order valence-electron chi connectivity index (χ0n) is 13.2. The van der Waals surface area contributed by atoms with Crippen molar-refractivity contribution in [2.75, 3.05) is 6.61 Å². The quantitative estimate of drug-likeness (QED) is 0.786. The Bertz CT molecular complexity index is 914. The monoisotopic (exact) mass is 325 g/mol. The molecule has 8 nitrogen and oxygen atoms in total. The van der Waals surface area contributed by atoms with E-state index >= 15 is 0 Å². The topological polar surface area (TPSA) is 95.1 Å². The van der Waals surface area contributed by atoms with Gasteiger partial charge in [0.2, 0.25) is 0 Å². The molecular weight excluding hydrogens is 310 g/mol. The summed E-state index contributed by atoms with van der Waals surface area (Å²) in [7, 11) is 1.73. The molecular formula is C16H15N5O3. The highest BCUT2D eigenvalue weighted by Gasteiger charge is 2.27. The average molecular weight is 325 g/mol. The average Bonchev–Trinajstić information content (AvgIpc) is 3.27. The molecule has 0 saturated heterocycles. The minimum atomic E-state index is -0.208. The summed E-state index contributed by atoms with van der Waals surface area (Å²) in [6.07, 6.45) is 1.59. The number of rotatable bonds is 3. The van der Waals surface area contributed by atoms with Crippen LogP contribution in [-0.4, -0.2) is 32.4 Å². The summed E-state index contributed by atoms with van der Waals surface area (Å²) in [4.78, 5) is 16.5. The fraction of sp³-hybridized carbons (Fsp3) is 0.250. The molecule has 1 aliphatic heterocycles. The summed E-state index contributed by atoms with van der Waals surface area (Å²) in [5.41, 5.74) is 2.21. The number of amides is 1. The molecule has 1 aromatic carbocycles. The molecule has 1 N–H and O–H groups in total. The predicted molar refractivity (Wildman–Crippen MR) is 83.4 cm³/mol. The number of hydrogen-bond donors (Lipinski definition) is 1. The Labute approximate surface area is 137 Å². The molecule has 3 aromatic rings. The van der Waals surface area contributed by atoms with Crippen molar-refractivity contribution >= 4 is 5.91 Å². The van der Waals surface area contributed by atoms with Crippen LogP contribution in [0, 0.1) is 6.92 Å². The zero-order valence-corrected chi connectivity index (χ0v) is 13.2. The first-order valence-corrected chi connectivity index (χ1v) is 7.48. The molecule has 0 saturated carbocycles. The van der Waals surface area contributed by atoms with Gasteiger partial charge in [-0.15, -0.1) is 0 Å². The van der Waals surface area contributed by atoms with Crippen LogP contribution in [0.2, 0.25) is 0 Å². The number of carbonyl (C=O) groups excluding carboxylic acids is 1. The van der Waals surface area contributed by atoms with Crippen LogP contribution in [0.25, 0.3) is 11.5 Å². The van der Waals surface area contributed by atoms with E-state index in [9.17, 15) is 4.79 Å². The van der Waals surface area contributed by atoms with Crippen molar-refractivity contribution in [1.29, 1.82) is 0 Å². The van der Waals surface area contributed by atoms with Gasteiger partial charge in [-0.2, -0.15) is 10.1 Å². The molecule has 3 heterocycles. The Balaban J connectivity index is 1.56. The van der Waals surface area contributed by atoms with Crippen molar-refractivity contribution in [3.05, 3.63) is 47.5 Å². The minimum absolute atomic E-state index is 0.187. The number of benzene rings is 1. The number of ether oxygens (including phenoxy) is 1. The van der Waals surface area contributed by atoms with Gasteiger partial charge in [-0.3, -0.25) is 9.48 Å². The molecule has 1 unspecified atom stereocenters. The molecule has 2 aromatic heterocycles. The highest BCUT2D eigenvalue weighted by atomic mass is 16.5. The molecule has 8 heteroatoms. The van der Waals surface area contributed by atoms with Gasteiger partial charge in [0.1, 0.15) is 18.1 Å². The molecule has 0 aliphatic carbocycles. The molecule has 0 bridgehead atoms.